The maximum atomic E-state index is 13.7. The number of rotatable bonds is 6. The molecule has 112 valence electrons. The third kappa shape index (κ3) is 3.39. The summed E-state index contributed by atoms with van der Waals surface area (Å²) in [7, 11) is 0. The Balaban J connectivity index is 2.13. The van der Waals surface area contributed by atoms with Crippen molar-refractivity contribution in [3.8, 4) is 5.75 Å². The summed E-state index contributed by atoms with van der Waals surface area (Å²) < 4.78 is 20.8. The van der Waals surface area contributed by atoms with Crippen LogP contribution in [0.4, 0.5) is 4.39 Å². The molecule has 0 saturated heterocycles. The van der Waals surface area contributed by atoms with E-state index in [1.54, 1.807) is 10.7 Å². The van der Waals surface area contributed by atoms with Gasteiger partial charge >= 0.3 is 5.97 Å². The Morgan fingerprint density at radius 1 is 1.48 bits per heavy atom. The van der Waals surface area contributed by atoms with Gasteiger partial charge in [0.25, 0.3) is 0 Å². The van der Waals surface area contributed by atoms with Crippen LogP contribution >= 0.6 is 0 Å². The highest BCUT2D eigenvalue weighted by molar-refractivity contribution is 5.90. The van der Waals surface area contributed by atoms with Gasteiger partial charge in [-0.05, 0) is 31.5 Å². The van der Waals surface area contributed by atoms with Gasteiger partial charge in [-0.25, -0.2) is 9.18 Å². The number of aromatic nitrogens is 2. The van der Waals surface area contributed by atoms with Crippen LogP contribution in [0.5, 0.6) is 5.75 Å². The number of carboxylic acid groups (broad SMARTS) is 1. The molecule has 0 bridgehead atoms. The largest absolute Gasteiger partial charge is 0.483 e. The van der Waals surface area contributed by atoms with Crippen LogP contribution in [0.15, 0.2) is 30.5 Å². The van der Waals surface area contributed by atoms with Gasteiger partial charge in [-0.2, -0.15) is 5.10 Å². The van der Waals surface area contributed by atoms with Gasteiger partial charge in [0.15, 0.2) is 11.6 Å². The Hall–Kier alpha value is -2.37. The first kappa shape index (κ1) is 15.0. The molecule has 1 atom stereocenters. The predicted octanol–water partition coefficient (Wildman–Crippen LogP) is 3.27. The summed E-state index contributed by atoms with van der Waals surface area (Å²) in [6, 6.07) is 5.84. The topological polar surface area (TPSA) is 64.3 Å². The van der Waals surface area contributed by atoms with Gasteiger partial charge in [-0.3, -0.25) is 4.68 Å². The molecule has 2 rings (SSSR count). The first-order valence-electron chi connectivity index (χ1n) is 6.71. The molecule has 1 aromatic carbocycles. The van der Waals surface area contributed by atoms with Crippen molar-refractivity contribution in [3.63, 3.8) is 0 Å². The van der Waals surface area contributed by atoms with Gasteiger partial charge in [0, 0.05) is 12.2 Å². The molecule has 0 amide bonds. The maximum Gasteiger partial charge on any atom is 0.339 e. The van der Waals surface area contributed by atoms with E-state index in [0.717, 1.165) is 6.42 Å². The minimum atomic E-state index is -1.23. The molecule has 1 N–H and O–H groups in total. The van der Waals surface area contributed by atoms with Gasteiger partial charge in [0.2, 0.25) is 0 Å². The van der Waals surface area contributed by atoms with Gasteiger partial charge in [-0.15, -0.1) is 0 Å². The molecule has 21 heavy (non-hydrogen) atoms. The molecule has 0 saturated carbocycles. The average molecular weight is 292 g/mol. The molecular weight excluding hydrogens is 275 g/mol. The number of ether oxygens (including phenoxy) is 1. The summed E-state index contributed by atoms with van der Waals surface area (Å²) in [6.45, 7) is 4.11. The first-order valence-corrected chi connectivity index (χ1v) is 6.71. The number of hydrogen-bond donors (Lipinski definition) is 1. The third-order valence-corrected chi connectivity index (χ3v) is 3.27. The molecular formula is C15H17FN2O3. The lowest BCUT2D eigenvalue weighted by atomic mass is 10.2. The van der Waals surface area contributed by atoms with Crippen molar-refractivity contribution in [3.05, 3.63) is 47.5 Å². The number of carboxylic acids is 1. The normalized spacial score (nSPS) is 12.1. The number of aromatic carboxylic acids is 1. The zero-order valence-electron chi connectivity index (χ0n) is 11.9. The number of carbonyl (C=O) groups is 1. The summed E-state index contributed by atoms with van der Waals surface area (Å²) in [5.74, 6) is -2.19. The molecule has 1 unspecified atom stereocenters. The minimum absolute atomic E-state index is 0.0185. The second kappa shape index (κ2) is 6.39. The van der Waals surface area contributed by atoms with Crippen LogP contribution in [-0.4, -0.2) is 20.9 Å². The quantitative estimate of drug-likeness (QED) is 0.887. The lowest BCUT2D eigenvalue weighted by Gasteiger charge is -2.10. The van der Waals surface area contributed by atoms with Crippen molar-refractivity contribution >= 4 is 5.97 Å². The molecule has 6 heteroatoms. The molecule has 1 aromatic heterocycles. The first-order chi connectivity index (χ1) is 10.0. The molecule has 0 radical (unpaired) electrons. The van der Waals surface area contributed by atoms with Crippen LogP contribution in [0.25, 0.3) is 0 Å². The van der Waals surface area contributed by atoms with Gasteiger partial charge in [0.05, 0.1) is 5.69 Å². The smallest absolute Gasteiger partial charge is 0.339 e. The fraction of sp³-hybridized carbons (Fsp3) is 0.333. The van der Waals surface area contributed by atoms with Crippen LogP contribution in [-0.2, 0) is 6.61 Å². The summed E-state index contributed by atoms with van der Waals surface area (Å²) in [5, 5.41) is 13.4. The van der Waals surface area contributed by atoms with Gasteiger partial charge in [0.1, 0.15) is 12.2 Å². The van der Waals surface area contributed by atoms with Crippen molar-refractivity contribution in [1.82, 2.24) is 9.78 Å². The highest BCUT2D eigenvalue weighted by Crippen LogP contribution is 2.23. The lowest BCUT2D eigenvalue weighted by Crippen LogP contribution is -2.08. The van der Waals surface area contributed by atoms with Crippen LogP contribution < -0.4 is 4.74 Å². The Morgan fingerprint density at radius 2 is 2.24 bits per heavy atom. The number of benzene rings is 1. The zero-order chi connectivity index (χ0) is 15.4. The molecule has 1 heterocycles. The zero-order valence-corrected chi connectivity index (χ0v) is 11.9. The second-order valence-electron chi connectivity index (χ2n) is 4.75. The van der Waals surface area contributed by atoms with Gasteiger partial charge in [-0.1, -0.05) is 13.0 Å². The van der Waals surface area contributed by atoms with Crippen LogP contribution in [0.1, 0.15) is 42.4 Å². The minimum Gasteiger partial charge on any atom is -0.483 e. The van der Waals surface area contributed by atoms with Crippen molar-refractivity contribution in [2.45, 2.75) is 32.9 Å². The van der Waals surface area contributed by atoms with E-state index in [9.17, 15) is 9.18 Å². The summed E-state index contributed by atoms with van der Waals surface area (Å²) in [4.78, 5) is 11.1. The number of nitrogens with zero attached hydrogens (tertiary/aromatic N) is 2. The number of hydrogen-bond acceptors (Lipinski definition) is 3. The van der Waals surface area contributed by atoms with Crippen LogP contribution in [0, 0.1) is 5.82 Å². The Kier molecular flexibility index (Phi) is 4.57. The molecule has 0 fully saturated rings. The highest BCUT2D eigenvalue weighted by Gasteiger charge is 2.16. The van der Waals surface area contributed by atoms with E-state index in [4.69, 9.17) is 9.84 Å². The molecule has 5 nitrogen and oxygen atoms in total. The van der Waals surface area contributed by atoms with E-state index in [1.165, 1.54) is 18.2 Å². The van der Waals surface area contributed by atoms with Crippen molar-refractivity contribution in [2.24, 2.45) is 0 Å². The van der Waals surface area contributed by atoms with E-state index in [1.807, 2.05) is 13.1 Å². The Labute approximate surface area is 122 Å². The van der Waals surface area contributed by atoms with Crippen LogP contribution in [0.2, 0.25) is 0 Å². The highest BCUT2D eigenvalue weighted by atomic mass is 19.1. The van der Waals surface area contributed by atoms with Crippen molar-refractivity contribution < 1.29 is 19.0 Å². The van der Waals surface area contributed by atoms with Crippen LogP contribution in [0.3, 0.4) is 0 Å². The number of para-hydroxylation sites is 1. The summed E-state index contributed by atoms with van der Waals surface area (Å²) in [6.07, 6.45) is 2.77. The van der Waals surface area contributed by atoms with E-state index >= 15 is 0 Å². The Bertz CT molecular complexity index is 640. The predicted molar refractivity (Wildman–Crippen MR) is 74.9 cm³/mol. The average Bonchev–Trinajstić information content (AvgIpc) is 2.93. The molecule has 2 aromatic rings. The summed E-state index contributed by atoms with van der Waals surface area (Å²) in [5.41, 5.74) is 0.422. The fourth-order valence-electron chi connectivity index (χ4n) is 1.86. The van der Waals surface area contributed by atoms with E-state index < -0.39 is 11.8 Å². The standard InChI is InChI=1S/C15H17FN2O3/c1-3-10(2)18-8-7-11(17-18)9-21-14-12(15(19)20)5-4-6-13(14)16/h4-8,10H,3,9H2,1-2H3,(H,19,20). The van der Waals surface area contributed by atoms with Crippen molar-refractivity contribution in [1.29, 1.82) is 0 Å². The molecule has 0 aliphatic rings. The number of halogens is 1. The fourth-order valence-corrected chi connectivity index (χ4v) is 1.86. The molecule has 0 aliphatic heterocycles. The SMILES string of the molecule is CCC(C)n1ccc(COc2c(F)cccc2C(=O)O)n1. The van der Waals surface area contributed by atoms with Crippen molar-refractivity contribution in [2.75, 3.05) is 0 Å². The molecule has 0 aliphatic carbocycles. The third-order valence-electron chi connectivity index (χ3n) is 3.27. The second-order valence-corrected chi connectivity index (χ2v) is 4.75. The van der Waals surface area contributed by atoms with E-state index in [0.29, 0.717) is 5.69 Å². The summed E-state index contributed by atoms with van der Waals surface area (Å²) >= 11 is 0. The molecule has 0 spiro atoms. The van der Waals surface area contributed by atoms with Gasteiger partial charge < -0.3 is 9.84 Å². The monoisotopic (exact) mass is 292 g/mol. The maximum absolute atomic E-state index is 13.7. The lowest BCUT2D eigenvalue weighted by molar-refractivity contribution is 0.0690. The van der Waals surface area contributed by atoms with E-state index in [2.05, 4.69) is 12.0 Å². The van der Waals surface area contributed by atoms with E-state index in [-0.39, 0.29) is 24.0 Å². The Morgan fingerprint density at radius 3 is 2.90 bits per heavy atom.